The minimum Gasteiger partial charge on any atom is -0.365 e. The number of hydrogen-bond donors (Lipinski definition) is 1. The van der Waals surface area contributed by atoms with Crippen LogP contribution in [0.4, 0.5) is 5.95 Å². The number of aryl methyl sites for hydroxylation is 3. The number of nitrogen functional groups attached to an aromatic ring is 1. The second kappa shape index (κ2) is 4.13. The summed E-state index contributed by atoms with van der Waals surface area (Å²) in [6.07, 6.45) is 1.62. The maximum Gasteiger partial charge on any atom is 0.260 e. The van der Waals surface area contributed by atoms with Crippen LogP contribution >= 0.6 is 0 Å². The van der Waals surface area contributed by atoms with Gasteiger partial charge in [-0.1, -0.05) is 29.8 Å². The molecule has 2 N–H and O–H groups in total. The summed E-state index contributed by atoms with van der Waals surface area (Å²) in [5.41, 5.74) is 7.89. The molecule has 1 aromatic carbocycles. The number of hydrogen-bond acceptors (Lipinski definition) is 4. The Labute approximate surface area is 88.1 Å². The third-order valence-electron chi connectivity index (χ3n) is 2.19. The Morgan fingerprint density at radius 3 is 2.87 bits per heavy atom. The molecule has 0 fully saturated rings. The average Bonchev–Trinajstić information content (AvgIpc) is 2.62. The van der Waals surface area contributed by atoms with E-state index in [1.54, 1.807) is 0 Å². The second-order valence-corrected chi connectivity index (χ2v) is 3.54. The second-order valence-electron chi connectivity index (χ2n) is 3.54. The quantitative estimate of drug-likeness (QED) is 0.825. The van der Waals surface area contributed by atoms with Gasteiger partial charge < -0.3 is 10.3 Å². The molecule has 1 aromatic heterocycles. The lowest BCUT2D eigenvalue weighted by Crippen LogP contribution is -1.93. The zero-order valence-corrected chi connectivity index (χ0v) is 8.60. The molecule has 15 heavy (non-hydrogen) atoms. The van der Waals surface area contributed by atoms with Crippen LogP contribution in [0.25, 0.3) is 0 Å². The molecular weight excluding hydrogens is 190 g/mol. The molecule has 0 saturated carbocycles. The predicted octanol–water partition coefficient (Wildman–Crippen LogP) is 1.75. The van der Waals surface area contributed by atoms with Crippen molar-refractivity contribution in [1.82, 2.24) is 10.1 Å². The molecule has 0 aliphatic rings. The van der Waals surface area contributed by atoms with Crippen molar-refractivity contribution < 1.29 is 4.52 Å². The summed E-state index contributed by atoms with van der Waals surface area (Å²) in [6, 6.07) is 8.37. The van der Waals surface area contributed by atoms with Crippen molar-refractivity contribution in [2.75, 3.05) is 5.73 Å². The first-order valence-electron chi connectivity index (χ1n) is 4.87. The molecule has 0 amide bonds. The predicted molar refractivity (Wildman–Crippen MR) is 57.3 cm³/mol. The monoisotopic (exact) mass is 203 g/mol. The number of benzene rings is 1. The topological polar surface area (TPSA) is 64.9 Å². The van der Waals surface area contributed by atoms with Crippen LogP contribution in [0.15, 0.2) is 28.8 Å². The van der Waals surface area contributed by atoms with Gasteiger partial charge in [0.15, 0.2) is 0 Å². The molecule has 2 rings (SSSR count). The average molecular weight is 203 g/mol. The van der Waals surface area contributed by atoms with Crippen LogP contribution in [-0.4, -0.2) is 10.1 Å². The first-order chi connectivity index (χ1) is 7.24. The van der Waals surface area contributed by atoms with Gasteiger partial charge in [0.25, 0.3) is 5.95 Å². The van der Waals surface area contributed by atoms with Gasteiger partial charge in [-0.25, -0.2) is 0 Å². The summed E-state index contributed by atoms with van der Waals surface area (Å²) in [7, 11) is 0. The van der Waals surface area contributed by atoms with Crippen LogP contribution in [0.2, 0.25) is 0 Å². The van der Waals surface area contributed by atoms with E-state index in [-0.39, 0.29) is 5.95 Å². The molecule has 0 aliphatic carbocycles. The fraction of sp³-hybridized carbons (Fsp3) is 0.273. The van der Waals surface area contributed by atoms with E-state index in [9.17, 15) is 0 Å². The van der Waals surface area contributed by atoms with Crippen LogP contribution in [-0.2, 0) is 12.8 Å². The highest BCUT2D eigenvalue weighted by Crippen LogP contribution is 2.08. The lowest BCUT2D eigenvalue weighted by molar-refractivity contribution is 0.379. The highest BCUT2D eigenvalue weighted by atomic mass is 16.5. The first kappa shape index (κ1) is 9.71. The van der Waals surface area contributed by atoms with Crippen molar-refractivity contribution in [3.05, 3.63) is 41.3 Å². The minimum atomic E-state index is 0.203. The zero-order valence-electron chi connectivity index (χ0n) is 8.60. The Hall–Kier alpha value is -1.84. The minimum absolute atomic E-state index is 0.203. The summed E-state index contributed by atoms with van der Waals surface area (Å²) in [4.78, 5) is 3.95. The van der Waals surface area contributed by atoms with E-state index in [0.717, 1.165) is 12.8 Å². The van der Waals surface area contributed by atoms with Gasteiger partial charge in [0.1, 0.15) is 0 Å². The standard InChI is InChI=1S/C11H13N3O/c1-8-3-2-4-9(7-8)5-6-10-13-11(12)14-15-10/h2-4,7H,5-6H2,1H3,(H2,12,14). The number of nitrogens with two attached hydrogens (primary N) is 1. The van der Waals surface area contributed by atoms with Crippen molar-refractivity contribution >= 4 is 5.95 Å². The summed E-state index contributed by atoms with van der Waals surface area (Å²) in [5, 5.41) is 3.54. The Balaban J connectivity index is 1.99. The Bertz CT molecular complexity index is 451. The summed E-state index contributed by atoms with van der Waals surface area (Å²) < 4.78 is 4.93. The highest BCUT2D eigenvalue weighted by molar-refractivity contribution is 5.22. The molecule has 0 saturated heterocycles. The van der Waals surface area contributed by atoms with E-state index in [1.807, 2.05) is 6.07 Å². The fourth-order valence-electron chi connectivity index (χ4n) is 1.49. The van der Waals surface area contributed by atoms with Gasteiger partial charge in [0.05, 0.1) is 0 Å². The van der Waals surface area contributed by atoms with Crippen molar-refractivity contribution in [3.63, 3.8) is 0 Å². The van der Waals surface area contributed by atoms with Gasteiger partial charge in [-0.2, -0.15) is 4.98 Å². The van der Waals surface area contributed by atoms with Gasteiger partial charge in [0.2, 0.25) is 5.89 Å². The number of aromatic nitrogens is 2. The Morgan fingerprint density at radius 2 is 2.20 bits per heavy atom. The van der Waals surface area contributed by atoms with Crippen molar-refractivity contribution in [1.29, 1.82) is 0 Å². The summed E-state index contributed by atoms with van der Waals surface area (Å²) in [6.45, 7) is 2.08. The van der Waals surface area contributed by atoms with Crippen molar-refractivity contribution in [2.24, 2.45) is 0 Å². The largest absolute Gasteiger partial charge is 0.365 e. The van der Waals surface area contributed by atoms with Crippen LogP contribution in [0, 0.1) is 6.92 Å². The molecule has 0 aliphatic heterocycles. The van der Waals surface area contributed by atoms with Gasteiger partial charge in [-0.05, 0) is 24.1 Å². The zero-order chi connectivity index (χ0) is 10.7. The smallest absolute Gasteiger partial charge is 0.260 e. The molecule has 1 heterocycles. The van der Waals surface area contributed by atoms with Gasteiger partial charge in [-0.15, -0.1) is 0 Å². The van der Waals surface area contributed by atoms with Gasteiger partial charge in [0, 0.05) is 6.42 Å². The third kappa shape index (κ3) is 2.56. The van der Waals surface area contributed by atoms with E-state index in [2.05, 4.69) is 35.3 Å². The van der Waals surface area contributed by atoms with Crippen LogP contribution in [0.3, 0.4) is 0 Å². The van der Waals surface area contributed by atoms with E-state index >= 15 is 0 Å². The van der Waals surface area contributed by atoms with E-state index in [0.29, 0.717) is 5.89 Å². The number of nitrogens with zero attached hydrogens (tertiary/aromatic N) is 2. The molecule has 2 aromatic rings. The lowest BCUT2D eigenvalue weighted by Gasteiger charge is -1.99. The van der Waals surface area contributed by atoms with E-state index < -0.39 is 0 Å². The van der Waals surface area contributed by atoms with Crippen molar-refractivity contribution in [3.8, 4) is 0 Å². The number of rotatable bonds is 3. The molecule has 4 heteroatoms. The lowest BCUT2D eigenvalue weighted by atomic mass is 10.1. The fourth-order valence-corrected chi connectivity index (χ4v) is 1.49. The Kier molecular flexibility index (Phi) is 2.67. The van der Waals surface area contributed by atoms with Crippen LogP contribution in [0.1, 0.15) is 17.0 Å². The highest BCUT2D eigenvalue weighted by Gasteiger charge is 2.03. The molecular formula is C11H13N3O. The maximum atomic E-state index is 5.36. The van der Waals surface area contributed by atoms with Crippen LogP contribution < -0.4 is 5.73 Å². The molecule has 4 nitrogen and oxygen atoms in total. The van der Waals surface area contributed by atoms with Crippen LogP contribution in [0.5, 0.6) is 0 Å². The third-order valence-corrected chi connectivity index (χ3v) is 2.19. The maximum absolute atomic E-state index is 5.36. The Morgan fingerprint density at radius 1 is 1.33 bits per heavy atom. The molecule has 0 bridgehead atoms. The molecule has 0 unspecified atom stereocenters. The van der Waals surface area contributed by atoms with Crippen molar-refractivity contribution in [2.45, 2.75) is 19.8 Å². The van der Waals surface area contributed by atoms with E-state index in [1.165, 1.54) is 11.1 Å². The van der Waals surface area contributed by atoms with E-state index in [4.69, 9.17) is 10.3 Å². The molecule has 0 spiro atoms. The summed E-state index contributed by atoms with van der Waals surface area (Å²) in [5.74, 6) is 0.795. The van der Waals surface area contributed by atoms with Gasteiger partial charge in [-0.3, -0.25) is 0 Å². The molecule has 0 atom stereocenters. The molecule has 0 radical (unpaired) electrons. The SMILES string of the molecule is Cc1cccc(CCc2nc(N)no2)c1. The van der Waals surface area contributed by atoms with Gasteiger partial charge >= 0.3 is 0 Å². The summed E-state index contributed by atoms with van der Waals surface area (Å²) >= 11 is 0. The number of anilines is 1. The molecule has 78 valence electrons. The first-order valence-corrected chi connectivity index (χ1v) is 4.87. The normalized spacial score (nSPS) is 10.5.